The van der Waals surface area contributed by atoms with Gasteiger partial charge in [0.2, 0.25) is 0 Å². The second kappa shape index (κ2) is 3.33. The molecule has 2 unspecified atom stereocenters. The monoisotopic (exact) mass is 192 g/mol. The highest BCUT2D eigenvalue weighted by atomic mass is 16.4. The Morgan fingerprint density at radius 2 is 2.07 bits per heavy atom. The number of hydrogen-bond acceptors (Lipinski definition) is 2. The standard InChI is InChI=1S/C10H12N2O2/c11-2-1-7-3-8-5-12(10(13)14)6-9(8)4-7/h1,8-9H,3-6H2,(H,13,14). The second-order valence-electron chi connectivity index (χ2n) is 4.05. The third-order valence-corrected chi connectivity index (χ3v) is 3.16. The van der Waals surface area contributed by atoms with Gasteiger partial charge in [-0.2, -0.15) is 5.26 Å². The van der Waals surface area contributed by atoms with Crippen LogP contribution in [0.5, 0.6) is 0 Å². The van der Waals surface area contributed by atoms with Gasteiger partial charge in [-0.3, -0.25) is 0 Å². The summed E-state index contributed by atoms with van der Waals surface area (Å²) < 4.78 is 0. The number of amides is 1. The van der Waals surface area contributed by atoms with Gasteiger partial charge in [-0.1, -0.05) is 5.57 Å². The molecule has 2 aliphatic rings. The first-order valence-corrected chi connectivity index (χ1v) is 4.76. The average Bonchev–Trinajstić information content (AvgIpc) is 2.61. The maximum atomic E-state index is 10.7. The van der Waals surface area contributed by atoms with Gasteiger partial charge in [0.05, 0.1) is 6.07 Å². The van der Waals surface area contributed by atoms with E-state index in [0.29, 0.717) is 24.9 Å². The topological polar surface area (TPSA) is 64.3 Å². The third-order valence-electron chi connectivity index (χ3n) is 3.16. The van der Waals surface area contributed by atoms with Crippen LogP contribution in [0.15, 0.2) is 11.6 Å². The molecule has 1 aliphatic heterocycles. The van der Waals surface area contributed by atoms with Gasteiger partial charge in [-0.25, -0.2) is 4.79 Å². The fraction of sp³-hybridized carbons (Fsp3) is 0.600. The molecule has 1 amide bonds. The molecule has 2 fully saturated rings. The molecule has 1 aliphatic carbocycles. The lowest BCUT2D eigenvalue weighted by Crippen LogP contribution is -2.27. The molecule has 4 nitrogen and oxygen atoms in total. The van der Waals surface area contributed by atoms with Crippen molar-refractivity contribution in [1.82, 2.24) is 4.90 Å². The van der Waals surface area contributed by atoms with Crippen LogP contribution >= 0.6 is 0 Å². The van der Waals surface area contributed by atoms with Crippen molar-refractivity contribution in [3.8, 4) is 6.07 Å². The number of carbonyl (C=O) groups is 1. The number of likely N-dealkylation sites (tertiary alicyclic amines) is 1. The zero-order valence-corrected chi connectivity index (χ0v) is 7.81. The summed E-state index contributed by atoms with van der Waals surface area (Å²) in [5, 5.41) is 17.3. The van der Waals surface area contributed by atoms with Crippen molar-refractivity contribution in [1.29, 1.82) is 5.26 Å². The van der Waals surface area contributed by atoms with Gasteiger partial charge in [-0.05, 0) is 24.7 Å². The third kappa shape index (κ3) is 1.46. The molecule has 0 aromatic rings. The summed E-state index contributed by atoms with van der Waals surface area (Å²) in [7, 11) is 0. The number of allylic oxidation sites excluding steroid dienone is 2. The Kier molecular flexibility index (Phi) is 2.16. The minimum absolute atomic E-state index is 0.450. The summed E-state index contributed by atoms with van der Waals surface area (Å²) in [6.45, 7) is 1.28. The molecule has 74 valence electrons. The minimum Gasteiger partial charge on any atom is -0.465 e. The van der Waals surface area contributed by atoms with Crippen LogP contribution in [-0.2, 0) is 0 Å². The molecular formula is C10H12N2O2. The maximum absolute atomic E-state index is 10.7. The number of carboxylic acid groups (broad SMARTS) is 1. The normalized spacial score (nSPS) is 29.9. The largest absolute Gasteiger partial charge is 0.465 e. The second-order valence-corrected chi connectivity index (χ2v) is 4.05. The summed E-state index contributed by atoms with van der Waals surface area (Å²) in [4.78, 5) is 12.2. The fourth-order valence-corrected chi connectivity index (χ4v) is 2.52. The van der Waals surface area contributed by atoms with Crippen LogP contribution < -0.4 is 0 Å². The van der Waals surface area contributed by atoms with Crippen LogP contribution in [0, 0.1) is 23.2 Å². The molecular weight excluding hydrogens is 180 g/mol. The first-order chi connectivity index (χ1) is 6.70. The quantitative estimate of drug-likeness (QED) is 0.591. The molecule has 0 aromatic heterocycles. The molecule has 2 rings (SSSR count). The van der Waals surface area contributed by atoms with Gasteiger partial charge in [-0.15, -0.1) is 0 Å². The summed E-state index contributed by atoms with van der Waals surface area (Å²) in [5.74, 6) is 0.899. The minimum atomic E-state index is -0.815. The van der Waals surface area contributed by atoms with E-state index in [1.807, 2.05) is 6.07 Å². The van der Waals surface area contributed by atoms with Crippen LogP contribution in [0.3, 0.4) is 0 Å². The summed E-state index contributed by atoms with van der Waals surface area (Å²) in [6, 6.07) is 2.04. The van der Waals surface area contributed by atoms with Crippen LogP contribution in [0.1, 0.15) is 12.8 Å². The Bertz CT molecular complexity index is 314. The first kappa shape index (κ1) is 9.07. The van der Waals surface area contributed by atoms with E-state index in [1.54, 1.807) is 6.08 Å². The summed E-state index contributed by atoms with van der Waals surface area (Å²) in [6.07, 6.45) is 2.61. The van der Waals surface area contributed by atoms with Crippen LogP contribution in [0.2, 0.25) is 0 Å². The van der Waals surface area contributed by atoms with E-state index in [4.69, 9.17) is 10.4 Å². The van der Waals surface area contributed by atoms with E-state index in [9.17, 15) is 4.79 Å². The molecule has 1 heterocycles. The predicted molar refractivity (Wildman–Crippen MR) is 49.5 cm³/mol. The molecule has 0 spiro atoms. The molecule has 1 saturated carbocycles. The van der Waals surface area contributed by atoms with E-state index >= 15 is 0 Å². The highest BCUT2D eigenvalue weighted by Gasteiger charge is 2.39. The molecule has 1 N–H and O–H groups in total. The van der Waals surface area contributed by atoms with Crippen molar-refractivity contribution in [2.24, 2.45) is 11.8 Å². The van der Waals surface area contributed by atoms with Crippen molar-refractivity contribution in [2.75, 3.05) is 13.1 Å². The predicted octanol–water partition coefficient (Wildman–Crippen LogP) is 1.46. The van der Waals surface area contributed by atoms with Gasteiger partial charge < -0.3 is 10.0 Å². The molecule has 4 heteroatoms. The maximum Gasteiger partial charge on any atom is 0.407 e. The summed E-state index contributed by atoms with van der Waals surface area (Å²) in [5.41, 5.74) is 1.19. The van der Waals surface area contributed by atoms with Crippen LogP contribution in [-0.4, -0.2) is 29.2 Å². The van der Waals surface area contributed by atoms with Crippen molar-refractivity contribution >= 4 is 6.09 Å². The Hall–Kier alpha value is -1.50. The lowest BCUT2D eigenvalue weighted by Gasteiger charge is -2.12. The number of nitrogens with zero attached hydrogens (tertiary/aromatic N) is 2. The number of nitriles is 1. The van der Waals surface area contributed by atoms with Gasteiger partial charge in [0, 0.05) is 19.2 Å². The van der Waals surface area contributed by atoms with Crippen LogP contribution in [0.25, 0.3) is 0 Å². The van der Waals surface area contributed by atoms with Crippen molar-refractivity contribution in [3.05, 3.63) is 11.6 Å². The Labute approximate surface area is 82.4 Å². The van der Waals surface area contributed by atoms with Gasteiger partial charge >= 0.3 is 6.09 Å². The van der Waals surface area contributed by atoms with E-state index in [-0.39, 0.29) is 0 Å². The molecule has 0 aromatic carbocycles. The van der Waals surface area contributed by atoms with E-state index < -0.39 is 6.09 Å². The van der Waals surface area contributed by atoms with E-state index in [1.165, 1.54) is 10.5 Å². The van der Waals surface area contributed by atoms with Crippen molar-refractivity contribution < 1.29 is 9.90 Å². The number of fused-ring (bicyclic) bond motifs is 1. The van der Waals surface area contributed by atoms with E-state index in [2.05, 4.69) is 0 Å². The van der Waals surface area contributed by atoms with E-state index in [0.717, 1.165) is 12.8 Å². The zero-order valence-electron chi connectivity index (χ0n) is 7.81. The van der Waals surface area contributed by atoms with Crippen LogP contribution in [0.4, 0.5) is 4.79 Å². The lowest BCUT2D eigenvalue weighted by atomic mass is 10.0. The Morgan fingerprint density at radius 1 is 1.50 bits per heavy atom. The summed E-state index contributed by atoms with van der Waals surface area (Å²) >= 11 is 0. The lowest BCUT2D eigenvalue weighted by molar-refractivity contribution is 0.152. The SMILES string of the molecule is N#CC=C1CC2CN(C(=O)O)CC2C1. The fourth-order valence-electron chi connectivity index (χ4n) is 2.52. The molecule has 14 heavy (non-hydrogen) atoms. The van der Waals surface area contributed by atoms with Gasteiger partial charge in [0.25, 0.3) is 0 Å². The number of rotatable bonds is 0. The molecule has 0 radical (unpaired) electrons. The number of hydrogen-bond donors (Lipinski definition) is 1. The molecule has 1 saturated heterocycles. The zero-order chi connectivity index (χ0) is 10.1. The Morgan fingerprint density at radius 3 is 2.50 bits per heavy atom. The highest BCUT2D eigenvalue weighted by molar-refractivity contribution is 5.65. The molecule has 0 bridgehead atoms. The van der Waals surface area contributed by atoms with Crippen molar-refractivity contribution in [2.45, 2.75) is 12.8 Å². The smallest absolute Gasteiger partial charge is 0.407 e. The van der Waals surface area contributed by atoms with Gasteiger partial charge in [0.15, 0.2) is 0 Å². The molecule has 2 atom stereocenters. The van der Waals surface area contributed by atoms with Crippen molar-refractivity contribution in [3.63, 3.8) is 0 Å². The highest BCUT2D eigenvalue weighted by Crippen LogP contribution is 2.40. The van der Waals surface area contributed by atoms with Gasteiger partial charge in [0.1, 0.15) is 0 Å². The Balaban J connectivity index is 2.00. The average molecular weight is 192 g/mol. The first-order valence-electron chi connectivity index (χ1n) is 4.76.